The van der Waals surface area contributed by atoms with Crippen LogP contribution in [0.15, 0.2) is 59.6 Å². The Balaban J connectivity index is 1.73. The zero-order valence-electron chi connectivity index (χ0n) is 16.3. The van der Waals surface area contributed by atoms with Crippen molar-refractivity contribution in [2.24, 2.45) is 0 Å². The summed E-state index contributed by atoms with van der Waals surface area (Å²) < 4.78 is 7.24. The van der Waals surface area contributed by atoms with Crippen molar-refractivity contribution in [1.29, 1.82) is 0 Å². The third-order valence-electron chi connectivity index (χ3n) is 4.99. The van der Waals surface area contributed by atoms with Crippen molar-refractivity contribution >= 4 is 23.0 Å². The van der Waals surface area contributed by atoms with E-state index in [0.717, 1.165) is 39.6 Å². The monoisotopic (exact) mass is 392 g/mol. The van der Waals surface area contributed by atoms with Crippen molar-refractivity contribution in [2.45, 2.75) is 20.8 Å². The zero-order valence-corrected chi connectivity index (χ0v) is 17.0. The van der Waals surface area contributed by atoms with Gasteiger partial charge in [-0.2, -0.15) is 0 Å². The Bertz CT molecular complexity index is 1110. The summed E-state index contributed by atoms with van der Waals surface area (Å²) in [4.78, 5) is 6.23. The Morgan fingerprint density at radius 1 is 1.07 bits per heavy atom. The molecule has 142 valence electrons. The summed E-state index contributed by atoms with van der Waals surface area (Å²) in [7, 11) is 2.04. The maximum Gasteiger partial charge on any atom is 0.141 e. The quantitative estimate of drug-likeness (QED) is 0.435. The molecule has 0 aliphatic carbocycles. The van der Waals surface area contributed by atoms with Crippen LogP contribution in [0.25, 0.3) is 16.8 Å². The van der Waals surface area contributed by atoms with Crippen LogP contribution in [-0.2, 0) is 0 Å². The van der Waals surface area contributed by atoms with E-state index >= 15 is 0 Å². The molecular formula is C22H21ClN4O. The molecule has 0 saturated heterocycles. The number of aromatic nitrogens is 3. The van der Waals surface area contributed by atoms with Crippen molar-refractivity contribution in [1.82, 2.24) is 14.7 Å². The number of nitrogens with zero attached hydrogens (tertiary/aromatic N) is 4. The number of rotatable bonds is 4. The minimum Gasteiger partial charge on any atom is -0.361 e. The highest BCUT2D eigenvalue weighted by Crippen LogP contribution is 2.35. The van der Waals surface area contributed by atoms with E-state index in [-0.39, 0.29) is 0 Å². The first-order chi connectivity index (χ1) is 13.5. The molecule has 2 aromatic carbocycles. The fraction of sp³-hybridized carbons (Fsp3) is 0.182. The van der Waals surface area contributed by atoms with Gasteiger partial charge in [0, 0.05) is 36.4 Å². The minimum absolute atomic E-state index is 0.668. The largest absolute Gasteiger partial charge is 0.361 e. The lowest BCUT2D eigenvalue weighted by molar-refractivity contribution is 0.393. The van der Waals surface area contributed by atoms with E-state index in [1.807, 2.05) is 43.8 Å². The standard InChI is InChI=1S/C22H21ClN4O/c1-14-5-6-17(22-15(2)25-28-16(22)3)11-21(14)26(4)18-7-8-20(19(23)12-18)27-10-9-24-13-27/h5-13H,1-4H3. The molecule has 0 bridgehead atoms. The number of halogens is 1. The van der Waals surface area contributed by atoms with E-state index in [4.69, 9.17) is 16.1 Å². The highest BCUT2D eigenvalue weighted by atomic mass is 35.5. The Morgan fingerprint density at radius 3 is 2.54 bits per heavy atom. The normalized spacial score (nSPS) is 11.0. The Labute approximate surface area is 169 Å². The number of benzene rings is 2. The summed E-state index contributed by atoms with van der Waals surface area (Å²) in [5, 5.41) is 4.75. The van der Waals surface area contributed by atoms with Crippen LogP contribution < -0.4 is 4.90 Å². The third kappa shape index (κ3) is 3.18. The van der Waals surface area contributed by atoms with Crippen molar-refractivity contribution in [3.63, 3.8) is 0 Å². The molecule has 0 fully saturated rings. The average molecular weight is 393 g/mol. The molecule has 0 aliphatic rings. The van der Waals surface area contributed by atoms with Gasteiger partial charge in [-0.05, 0) is 56.2 Å². The van der Waals surface area contributed by atoms with Crippen LogP contribution in [0.5, 0.6) is 0 Å². The Kier molecular flexibility index (Phi) is 4.69. The van der Waals surface area contributed by atoms with Gasteiger partial charge < -0.3 is 14.0 Å². The molecule has 4 aromatic rings. The summed E-state index contributed by atoms with van der Waals surface area (Å²) in [6.45, 7) is 6.00. The van der Waals surface area contributed by atoms with Gasteiger partial charge in [-0.15, -0.1) is 0 Å². The smallest absolute Gasteiger partial charge is 0.141 e. The van der Waals surface area contributed by atoms with E-state index < -0.39 is 0 Å². The number of hydrogen-bond donors (Lipinski definition) is 0. The van der Waals surface area contributed by atoms with E-state index in [1.165, 1.54) is 5.56 Å². The summed E-state index contributed by atoms with van der Waals surface area (Å²) in [5.41, 5.74) is 7.21. The van der Waals surface area contributed by atoms with Crippen LogP contribution in [0.1, 0.15) is 17.0 Å². The second-order valence-corrected chi connectivity index (χ2v) is 7.27. The van der Waals surface area contributed by atoms with Crippen LogP contribution in [0.2, 0.25) is 5.02 Å². The lowest BCUT2D eigenvalue weighted by Gasteiger charge is -2.23. The molecule has 4 rings (SSSR count). The Hall–Kier alpha value is -3.05. The molecule has 0 unspecified atom stereocenters. The molecule has 0 N–H and O–H groups in total. The summed E-state index contributed by atoms with van der Waals surface area (Å²) in [6.07, 6.45) is 5.35. The van der Waals surface area contributed by atoms with Gasteiger partial charge in [0.2, 0.25) is 0 Å². The van der Waals surface area contributed by atoms with E-state index in [2.05, 4.69) is 46.2 Å². The summed E-state index contributed by atoms with van der Waals surface area (Å²) in [6, 6.07) is 12.4. The SMILES string of the molecule is Cc1ccc(-c2c(C)noc2C)cc1N(C)c1ccc(-n2ccnc2)c(Cl)c1. The van der Waals surface area contributed by atoms with Gasteiger partial charge in [-0.3, -0.25) is 0 Å². The predicted molar refractivity (Wildman–Crippen MR) is 113 cm³/mol. The van der Waals surface area contributed by atoms with Crippen molar-refractivity contribution in [3.05, 3.63) is 77.2 Å². The van der Waals surface area contributed by atoms with E-state index in [9.17, 15) is 0 Å². The highest BCUT2D eigenvalue weighted by Gasteiger charge is 2.15. The maximum atomic E-state index is 6.55. The van der Waals surface area contributed by atoms with Crippen molar-refractivity contribution in [2.75, 3.05) is 11.9 Å². The Morgan fingerprint density at radius 2 is 1.89 bits per heavy atom. The van der Waals surface area contributed by atoms with Crippen LogP contribution in [0.4, 0.5) is 11.4 Å². The summed E-state index contributed by atoms with van der Waals surface area (Å²) in [5.74, 6) is 0.822. The summed E-state index contributed by atoms with van der Waals surface area (Å²) >= 11 is 6.55. The van der Waals surface area contributed by atoms with Gasteiger partial charge in [0.15, 0.2) is 0 Å². The number of aryl methyl sites for hydroxylation is 3. The van der Waals surface area contributed by atoms with Crippen LogP contribution in [-0.4, -0.2) is 21.8 Å². The molecular weight excluding hydrogens is 372 g/mol. The molecule has 0 radical (unpaired) electrons. The van der Waals surface area contributed by atoms with Gasteiger partial charge in [0.05, 0.1) is 22.7 Å². The first-order valence-corrected chi connectivity index (χ1v) is 9.39. The fourth-order valence-electron chi connectivity index (χ4n) is 3.48. The van der Waals surface area contributed by atoms with Gasteiger partial charge in [0.25, 0.3) is 0 Å². The van der Waals surface area contributed by atoms with Crippen molar-refractivity contribution < 1.29 is 4.52 Å². The fourth-order valence-corrected chi connectivity index (χ4v) is 3.75. The molecule has 2 heterocycles. The second-order valence-electron chi connectivity index (χ2n) is 6.87. The molecule has 28 heavy (non-hydrogen) atoms. The maximum absolute atomic E-state index is 6.55. The van der Waals surface area contributed by atoms with E-state index in [0.29, 0.717) is 5.02 Å². The average Bonchev–Trinajstić information content (AvgIpc) is 3.32. The molecule has 2 aromatic heterocycles. The van der Waals surface area contributed by atoms with Crippen molar-refractivity contribution in [3.8, 4) is 16.8 Å². The number of imidazole rings is 1. The molecule has 5 nitrogen and oxygen atoms in total. The van der Waals surface area contributed by atoms with Gasteiger partial charge >= 0.3 is 0 Å². The topological polar surface area (TPSA) is 47.1 Å². The molecule has 0 saturated carbocycles. The predicted octanol–water partition coefficient (Wildman–Crippen LogP) is 5.87. The van der Waals surface area contributed by atoms with E-state index in [1.54, 1.807) is 12.5 Å². The molecule has 0 aliphatic heterocycles. The first kappa shape index (κ1) is 18.3. The molecule has 0 amide bonds. The number of anilines is 2. The second kappa shape index (κ2) is 7.17. The molecule has 6 heteroatoms. The minimum atomic E-state index is 0.668. The van der Waals surface area contributed by atoms with Crippen LogP contribution in [0.3, 0.4) is 0 Å². The number of hydrogen-bond acceptors (Lipinski definition) is 4. The van der Waals surface area contributed by atoms with Gasteiger partial charge in [0.1, 0.15) is 5.76 Å². The lowest BCUT2D eigenvalue weighted by atomic mass is 10.0. The van der Waals surface area contributed by atoms with Crippen LogP contribution >= 0.6 is 11.6 Å². The van der Waals surface area contributed by atoms with Crippen LogP contribution in [0, 0.1) is 20.8 Å². The van der Waals surface area contributed by atoms with Gasteiger partial charge in [-0.25, -0.2) is 4.98 Å². The lowest BCUT2D eigenvalue weighted by Crippen LogP contribution is -2.11. The zero-order chi connectivity index (χ0) is 19.8. The molecule has 0 spiro atoms. The highest BCUT2D eigenvalue weighted by molar-refractivity contribution is 6.32. The third-order valence-corrected chi connectivity index (χ3v) is 5.30. The first-order valence-electron chi connectivity index (χ1n) is 9.01. The molecule has 0 atom stereocenters. The van der Waals surface area contributed by atoms with Gasteiger partial charge in [-0.1, -0.05) is 28.9 Å².